The summed E-state index contributed by atoms with van der Waals surface area (Å²) in [6, 6.07) is 9.95. The quantitative estimate of drug-likeness (QED) is 0.793. The number of aromatic nitrogens is 2. The molecule has 0 aliphatic heterocycles. The fourth-order valence-corrected chi connectivity index (χ4v) is 2.69. The topological polar surface area (TPSA) is 53.4 Å². The van der Waals surface area contributed by atoms with E-state index in [9.17, 15) is 4.79 Å². The van der Waals surface area contributed by atoms with E-state index in [0.29, 0.717) is 5.88 Å². The summed E-state index contributed by atoms with van der Waals surface area (Å²) in [5, 5.41) is 4.29. The minimum absolute atomic E-state index is 0.0774. The number of hydrogen-bond donors (Lipinski definition) is 0. The molecule has 106 valence electrons. The van der Waals surface area contributed by atoms with Crippen molar-refractivity contribution in [2.75, 3.05) is 14.2 Å². The van der Waals surface area contributed by atoms with Crippen LogP contribution in [0.25, 0.3) is 0 Å². The molecule has 2 rings (SSSR count). The van der Waals surface area contributed by atoms with Crippen molar-refractivity contribution < 1.29 is 14.3 Å². The molecule has 5 nitrogen and oxygen atoms in total. The number of nitrogens with zero attached hydrogens (tertiary/aromatic N) is 2. The van der Waals surface area contributed by atoms with Crippen LogP contribution in [-0.4, -0.2) is 30.0 Å². The van der Waals surface area contributed by atoms with E-state index >= 15 is 0 Å². The van der Waals surface area contributed by atoms with Gasteiger partial charge in [-0.15, -0.1) is 5.10 Å². The van der Waals surface area contributed by atoms with Crippen molar-refractivity contribution in [1.82, 2.24) is 9.78 Å². The van der Waals surface area contributed by atoms with Crippen molar-refractivity contribution in [3.63, 3.8) is 0 Å². The zero-order valence-corrected chi connectivity index (χ0v) is 12.4. The normalized spacial score (nSPS) is 10.3. The molecule has 0 unspecified atom stereocenters. The van der Waals surface area contributed by atoms with Gasteiger partial charge < -0.3 is 9.47 Å². The van der Waals surface area contributed by atoms with E-state index in [2.05, 4.69) is 9.84 Å². The van der Waals surface area contributed by atoms with Crippen molar-refractivity contribution in [3.05, 3.63) is 36.0 Å². The van der Waals surface area contributed by atoms with Crippen LogP contribution in [-0.2, 0) is 16.1 Å². The lowest BCUT2D eigenvalue weighted by molar-refractivity contribution is -0.141. The minimum Gasteiger partial charge on any atom is -0.479 e. The largest absolute Gasteiger partial charge is 0.479 e. The molecule has 0 spiro atoms. The van der Waals surface area contributed by atoms with Gasteiger partial charge in [-0.1, -0.05) is 30.0 Å². The Bertz CT molecular complexity index is 596. The van der Waals surface area contributed by atoms with Gasteiger partial charge in [0.1, 0.15) is 6.54 Å². The van der Waals surface area contributed by atoms with Gasteiger partial charge in [0.2, 0.25) is 5.88 Å². The maximum Gasteiger partial charge on any atom is 0.327 e. The first kappa shape index (κ1) is 14.5. The van der Waals surface area contributed by atoms with E-state index < -0.39 is 0 Å². The third-order valence-electron chi connectivity index (χ3n) is 2.78. The van der Waals surface area contributed by atoms with Gasteiger partial charge in [0, 0.05) is 4.90 Å². The molecule has 0 aliphatic rings. The first-order valence-corrected chi connectivity index (χ1v) is 6.88. The molecule has 0 atom stereocenters. The van der Waals surface area contributed by atoms with Gasteiger partial charge in [-0.05, 0) is 19.1 Å². The zero-order chi connectivity index (χ0) is 14.5. The molecular formula is C14H16N2O3S. The third-order valence-corrected chi connectivity index (χ3v) is 3.97. The third kappa shape index (κ3) is 3.14. The summed E-state index contributed by atoms with van der Waals surface area (Å²) >= 11 is 1.56. The molecule has 2 aromatic rings. The molecule has 0 saturated carbocycles. The van der Waals surface area contributed by atoms with Crippen LogP contribution in [0.15, 0.2) is 40.1 Å². The first-order valence-electron chi connectivity index (χ1n) is 6.06. The Hall–Kier alpha value is -1.95. The fraction of sp³-hybridized carbons (Fsp3) is 0.286. The number of esters is 1. The molecule has 1 heterocycles. The number of rotatable bonds is 5. The molecule has 20 heavy (non-hydrogen) atoms. The molecule has 0 aliphatic carbocycles. The summed E-state index contributed by atoms with van der Waals surface area (Å²) in [4.78, 5) is 13.4. The lowest BCUT2D eigenvalue weighted by atomic mass is 10.4. The molecule has 0 N–H and O–H groups in total. The van der Waals surface area contributed by atoms with Gasteiger partial charge in [-0.25, -0.2) is 0 Å². The summed E-state index contributed by atoms with van der Waals surface area (Å²) in [6.07, 6.45) is 0. The average Bonchev–Trinajstić information content (AvgIpc) is 2.77. The van der Waals surface area contributed by atoms with Crippen LogP contribution in [0.5, 0.6) is 5.88 Å². The van der Waals surface area contributed by atoms with Crippen molar-refractivity contribution in [1.29, 1.82) is 0 Å². The average molecular weight is 292 g/mol. The second-order valence-electron chi connectivity index (χ2n) is 4.07. The Morgan fingerprint density at radius 1 is 1.30 bits per heavy atom. The summed E-state index contributed by atoms with van der Waals surface area (Å²) in [7, 11) is 2.93. The first-order chi connectivity index (χ1) is 9.65. The van der Waals surface area contributed by atoms with Crippen molar-refractivity contribution in [2.45, 2.75) is 23.3 Å². The molecule has 0 bridgehead atoms. The molecule has 6 heteroatoms. The predicted octanol–water partition coefficient (Wildman–Crippen LogP) is 2.52. The molecule has 0 radical (unpaired) electrons. The highest BCUT2D eigenvalue weighted by atomic mass is 32.2. The van der Waals surface area contributed by atoms with Gasteiger partial charge >= 0.3 is 5.97 Å². The smallest absolute Gasteiger partial charge is 0.327 e. The van der Waals surface area contributed by atoms with E-state index in [1.54, 1.807) is 23.6 Å². The van der Waals surface area contributed by atoms with Crippen LogP contribution in [0.4, 0.5) is 0 Å². The predicted molar refractivity (Wildman–Crippen MR) is 76.1 cm³/mol. The van der Waals surface area contributed by atoms with Gasteiger partial charge in [-0.3, -0.25) is 9.48 Å². The van der Waals surface area contributed by atoms with Gasteiger partial charge in [-0.2, -0.15) is 0 Å². The number of carbonyl (C=O) groups excluding carboxylic acids is 1. The molecule has 1 aromatic carbocycles. The summed E-state index contributed by atoms with van der Waals surface area (Å²) < 4.78 is 11.5. The van der Waals surface area contributed by atoms with E-state index in [1.165, 1.54) is 7.11 Å². The van der Waals surface area contributed by atoms with E-state index in [0.717, 1.165) is 15.5 Å². The van der Waals surface area contributed by atoms with Crippen LogP contribution in [0.2, 0.25) is 0 Å². The number of ether oxygens (including phenoxy) is 2. The van der Waals surface area contributed by atoms with E-state index in [4.69, 9.17) is 4.74 Å². The van der Waals surface area contributed by atoms with Crippen molar-refractivity contribution in [3.8, 4) is 5.88 Å². The van der Waals surface area contributed by atoms with Crippen LogP contribution in [0, 0.1) is 6.92 Å². The number of hydrogen-bond acceptors (Lipinski definition) is 5. The minimum atomic E-state index is -0.338. The molecule has 1 aromatic heterocycles. The second-order valence-corrected chi connectivity index (χ2v) is 5.16. The molecule has 0 amide bonds. The Morgan fingerprint density at radius 2 is 2.00 bits per heavy atom. The van der Waals surface area contributed by atoms with E-state index in [1.807, 2.05) is 37.3 Å². The summed E-state index contributed by atoms with van der Waals surface area (Å²) in [5.74, 6) is 0.176. The van der Waals surface area contributed by atoms with Crippen molar-refractivity contribution >= 4 is 17.7 Å². The van der Waals surface area contributed by atoms with Crippen LogP contribution >= 0.6 is 11.8 Å². The monoisotopic (exact) mass is 292 g/mol. The molecule has 0 fully saturated rings. The fourth-order valence-electron chi connectivity index (χ4n) is 1.70. The summed E-state index contributed by atoms with van der Waals surface area (Å²) in [5.41, 5.74) is 0.876. The van der Waals surface area contributed by atoms with E-state index in [-0.39, 0.29) is 12.5 Å². The number of benzene rings is 1. The lowest BCUT2D eigenvalue weighted by Crippen LogP contribution is -2.13. The van der Waals surface area contributed by atoms with Gasteiger partial charge in [0.15, 0.2) is 0 Å². The van der Waals surface area contributed by atoms with Crippen LogP contribution in [0.1, 0.15) is 5.69 Å². The van der Waals surface area contributed by atoms with Gasteiger partial charge in [0.05, 0.1) is 24.8 Å². The number of carbonyl (C=O) groups is 1. The Morgan fingerprint density at radius 3 is 2.60 bits per heavy atom. The molecular weight excluding hydrogens is 276 g/mol. The van der Waals surface area contributed by atoms with Crippen LogP contribution in [0.3, 0.4) is 0 Å². The van der Waals surface area contributed by atoms with Crippen LogP contribution < -0.4 is 4.74 Å². The standard InChI is InChI=1S/C14H16N2O3S/c1-10-13(20-11-7-5-4-6-8-11)14(19-3)15-16(10)9-12(17)18-2/h4-8H,9H2,1-3H3. The highest BCUT2D eigenvalue weighted by molar-refractivity contribution is 7.99. The Balaban J connectivity index is 2.30. The highest BCUT2D eigenvalue weighted by Crippen LogP contribution is 2.36. The maximum absolute atomic E-state index is 11.4. The maximum atomic E-state index is 11.4. The van der Waals surface area contributed by atoms with Crippen molar-refractivity contribution in [2.24, 2.45) is 0 Å². The Labute approximate surface area is 121 Å². The lowest BCUT2D eigenvalue weighted by Gasteiger charge is -2.04. The Kier molecular flexibility index (Phi) is 4.68. The zero-order valence-electron chi connectivity index (χ0n) is 11.6. The highest BCUT2D eigenvalue weighted by Gasteiger charge is 2.18. The van der Waals surface area contributed by atoms with Gasteiger partial charge in [0.25, 0.3) is 0 Å². The second kappa shape index (κ2) is 6.47. The SMILES string of the molecule is COC(=O)Cn1nc(OC)c(Sc2ccccc2)c1C. The molecule has 0 saturated heterocycles. The number of methoxy groups -OCH3 is 2. The summed E-state index contributed by atoms with van der Waals surface area (Å²) in [6.45, 7) is 1.98.